The molecule has 1 saturated heterocycles. The molecule has 0 aromatic heterocycles. The van der Waals surface area contributed by atoms with E-state index in [9.17, 15) is 9.59 Å². The molecule has 2 amide bonds. The topological polar surface area (TPSA) is 67.9 Å². The van der Waals surface area contributed by atoms with Gasteiger partial charge in [-0.15, -0.1) is 0 Å². The first-order valence-electron chi connectivity index (χ1n) is 8.14. The van der Waals surface area contributed by atoms with Gasteiger partial charge in [-0.1, -0.05) is 24.3 Å². The lowest BCUT2D eigenvalue weighted by atomic mass is 10.2. The minimum atomic E-state index is -0.640. The molecule has 0 radical (unpaired) electrons. The minimum absolute atomic E-state index is 0.0807. The molecule has 3 rings (SSSR count). The first-order valence-corrected chi connectivity index (χ1v) is 8.14. The fourth-order valence-electron chi connectivity index (χ4n) is 2.87. The highest BCUT2D eigenvalue weighted by Gasteiger charge is 2.41. The van der Waals surface area contributed by atoms with Crippen LogP contribution in [-0.4, -0.2) is 31.6 Å². The van der Waals surface area contributed by atoms with Crippen LogP contribution in [-0.2, 0) is 9.59 Å². The summed E-state index contributed by atoms with van der Waals surface area (Å²) in [4.78, 5) is 26.5. The maximum absolute atomic E-state index is 12.8. The van der Waals surface area contributed by atoms with Crippen LogP contribution < -0.4 is 19.7 Å². The number of ether oxygens (including phenoxy) is 2. The van der Waals surface area contributed by atoms with E-state index in [-0.39, 0.29) is 18.2 Å². The Morgan fingerprint density at radius 1 is 1.08 bits per heavy atom. The molecule has 6 heteroatoms. The number of carbonyl (C=O) groups is 2. The lowest BCUT2D eigenvalue weighted by molar-refractivity contribution is -0.121. The lowest BCUT2D eigenvalue weighted by Crippen LogP contribution is -2.35. The number of carbonyl (C=O) groups excluding carboxylic acids is 2. The Balaban J connectivity index is 1.86. The van der Waals surface area contributed by atoms with Gasteiger partial charge < -0.3 is 14.8 Å². The third kappa shape index (κ3) is 3.28. The molecule has 0 bridgehead atoms. The third-order valence-corrected chi connectivity index (χ3v) is 3.99. The molecule has 0 unspecified atom stereocenters. The van der Waals surface area contributed by atoms with E-state index in [0.717, 1.165) is 0 Å². The van der Waals surface area contributed by atoms with Crippen molar-refractivity contribution >= 4 is 23.2 Å². The van der Waals surface area contributed by atoms with Crippen molar-refractivity contribution in [3.05, 3.63) is 48.5 Å². The highest BCUT2D eigenvalue weighted by Crippen LogP contribution is 2.33. The number of rotatable bonds is 6. The number of para-hydroxylation sites is 4. The molecule has 1 heterocycles. The zero-order valence-electron chi connectivity index (χ0n) is 14.2. The van der Waals surface area contributed by atoms with Crippen LogP contribution in [0.5, 0.6) is 11.5 Å². The second-order valence-corrected chi connectivity index (χ2v) is 5.57. The average molecular weight is 340 g/mol. The van der Waals surface area contributed by atoms with Crippen LogP contribution in [0.15, 0.2) is 48.5 Å². The van der Waals surface area contributed by atoms with Crippen LogP contribution in [0.25, 0.3) is 0 Å². The summed E-state index contributed by atoms with van der Waals surface area (Å²) in [6.45, 7) is 2.31. The summed E-state index contributed by atoms with van der Waals surface area (Å²) in [6, 6.07) is 13.7. The molecule has 1 N–H and O–H groups in total. The number of anilines is 2. The molecule has 2 aromatic rings. The summed E-state index contributed by atoms with van der Waals surface area (Å²) in [6.07, 6.45) is 0.0807. The first-order chi connectivity index (χ1) is 12.2. The van der Waals surface area contributed by atoms with Crippen molar-refractivity contribution in [2.24, 2.45) is 0 Å². The van der Waals surface area contributed by atoms with Gasteiger partial charge in [0, 0.05) is 0 Å². The fourth-order valence-corrected chi connectivity index (χ4v) is 2.87. The number of benzene rings is 2. The van der Waals surface area contributed by atoms with Gasteiger partial charge in [0.05, 0.1) is 31.5 Å². The molecule has 0 aliphatic carbocycles. The van der Waals surface area contributed by atoms with Crippen LogP contribution in [0, 0.1) is 0 Å². The number of nitrogens with one attached hydrogen (secondary N) is 1. The van der Waals surface area contributed by atoms with Crippen molar-refractivity contribution in [1.82, 2.24) is 0 Å². The van der Waals surface area contributed by atoms with Crippen LogP contribution in [0.3, 0.4) is 0 Å². The molecular weight excluding hydrogens is 320 g/mol. The maximum Gasteiger partial charge on any atom is 0.256 e. The minimum Gasteiger partial charge on any atom is -0.495 e. The fraction of sp³-hybridized carbons (Fsp3) is 0.263. The van der Waals surface area contributed by atoms with Crippen LogP contribution in [0.4, 0.5) is 11.4 Å². The molecule has 1 aliphatic heterocycles. The Morgan fingerprint density at radius 3 is 2.48 bits per heavy atom. The Kier molecular flexibility index (Phi) is 4.88. The molecule has 25 heavy (non-hydrogen) atoms. The predicted octanol–water partition coefficient (Wildman–Crippen LogP) is 2.84. The molecule has 1 aliphatic rings. The Morgan fingerprint density at radius 2 is 1.76 bits per heavy atom. The second-order valence-electron chi connectivity index (χ2n) is 5.57. The van der Waals surface area contributed by atoms with E-state index in [2.05, 4.69) is 5.32 Å². The second kappa shape index (κ2) is 7.25. The quantitative estimate of drug-likeness (QED) is 0.819. The number of hydrogen-bond donors (Lipinski definition) is 1. The zero-order chi connectivity index (χ0) is 17.8. The molecule has 0 saturated carbocycles. The van der Waals surface area contributed by atoms with E-state index in [0.29, 0.717) is 29.5 Å². The number of imide groups is 1. The van der Waals surface area contributed by atoms with Crippen molar-refractivity contribution in [3.8, 4) is 11.5 Å². The van der Waals surface area contributed by atoms with E-state index < -0.39 is 6.04 Å². The number of methoxy groups -OCH3 is 1. The van der Waals surface area contributed by atoms with Gasteiger partial charge >= 0.3 is 0 Å². The maximum atomic E-state index is 12.8. The summed E-state index contributed by atoms with van der Waals surface area (Å²) < 4.78 is 10.8. The van der Waals surface area contributed by atoms with Crippen molar-refractivity contribution in [3.63, 3.8) is 0 Å². The average Bonchev–Trinajstić information content (AvgIpc) is 2.90. The molecule has 0 spiro atoms. The molecule has 2 aromatic carbocycles. The van der Waals surface area contributed by atoms with Crippen LogP contribution in [0.1, 0.15) is 13.3 Å². The van der Waals surface area contributed by atoms with E-state index in [1.165, 1.54) is 4.90 Å². The summed E-state index contributed by atoms with van der Waals surface area (Å²) in [7, 11) is 1.56. The van der Waals surface area contributed by atoms with E-state index in [1.807, 2.05) is 31.2 Å². The Hall–Kier alpha value is -3.02. The van der Waals surface area contributed by atoms with Crippen molar-refractivity contribution in [2.75, 3.05) is 23.9 Å². The van der Waals surface area contributed by atoms with Gasteiger partial charge in [-0.25, -0.2) is 4.90 Å². The van der Waals surface area contributed by atoms with Gasteiger partial charge in [-0.3, -0.25) is 9.59 Å². The lowest BCUT2D eigenvalue weighted by Gasteiger charge is -2.19. The van der Waals surface area contributed by atoms with E-state index in [1.54, 1.807) is 31.4 Å². The number of amides is 2. The monoisotopic (exact) mass is 340 g/mol. The predicted molar refractivity (Wildman–Crippen MR) is 95.1 cm³/mol. The molecule has 1 fully saturated rings. The van der Waals surface area contributed by atoms with Gasteiger partial charge in [0.25, 0.3) is 5.91 Å². The Bertz CT molecular complexity index is 790. The highest BCUT2D eigenvalue weighted by molar-refractivity contribution is 6.23. The van der Waals surface area contributed by atoms with Gasteiger partial charge in [-0.2, -0.15) is 0 Å². The smallest absolute Gasteiger partial charge is 0.256 e. The standard InChI is InChI=1S/C19H20N2O4/c1-3-25-17-11-7-5-9-15(17)21-18(22)12-14(19(21)23)20-13-8-4-6-10-16(13)24-2/h4-11,14,20H,3,12H2,1-2H3/t14-/m0/s1. The van der Waals surface area contributed by atoms with Gasteiger partial charge in [0.1, 0.15) is 17.5 Å². The van der Waals surface area contributed by atoms with Crippen molar-refractivity contribution in [2.45, 2.75) is 19.4 Å². The number of nitrogens with zero attached hydrogens (tertiary/aromatic N) is 1. The van der Waals surface area contributed by atoms with Crippen molar-refractivity contribution < 1.29 is 19.1 Å². The van der Waals surface area contributed by atoms with Crippen LogP contribution in [0.2, 0.25) is 0 Å². The zero-order valence-corrected chi connectivity index (χ0v) is 14.2. The van der Waals surface area contributed by atoms with Gasteiger partial charge in [0.15, 0.2) is 0 Å². The first kappa shape index (κ1) is 16.8. The molecule has 130 valence electrons. The molecular formula is C19H20N2O4. The SMILES string of the molecule is CCOc1ccccc1N1C(=O)C[C@H](Nc2ccccc2OC)C1=O. The van der Waals surface area contributed by atoms with Crippen molar-refractivity contribution in [1.29, 1.82) is 0 Å². The number of hydrogen-bond acceptors (Lipinski definition) is 5. The Labute approximate surface area is 146 Å². The summed E-state index contributed by atoms with van der Waals surface area (Å²) >= 11 is 0. The van der Waals surface area contributed by atoms with E-state index in [4.69, 9.17) is 9.47 Å². The van der Waals surface area contributed by atoms with Gasteiger partial charge in [0.2, 0.25) is 5.91 Å². The molecule has 6 nitrogen and oxygen atoms in total. The van der Waals surface area contributed by atoms with Gasteiger partial charge in [-0.05, 0) is 31.2 Å². The van der Waals surface area contributed by atoms with E-state index >= 15 is 0 Å². The summed E-state index contributed by atoms with van der Waals surface area (Å²) in [5.74, 6) is 0.577. The highest BCUT2D eigenvalue weighted by atomic mass is 16.5. The molecule has 1 atom stereocenters. The normalized spacial score (nSPS) is 16.9. The van der Waals surface area contributed by atoms with Crippen LogP contribution >= 0.6 is 0 Å². The largest absolute Gasteiger partial charge is 0.495 e. The summed E-state index contributed by atoms with van der Waals surface area (Å²) in [5.41, 5.74) is 1.15. The third-order valence-electron chi connectivity index (χ3n) is 3.99. The summed E-state index contributed by atoms with van der Waals surface area (Å²) in [5, 5.41) is 3.11.